The van der Waals surface area contributed by atoms with Crippen LogP contribution in [-0.2, 0) is 24.3 Å². The summed E-state index contributed by atoms with van der Waals surface area (Å²) in [5.41, 5.74) is 11.3. The van der Waals surface area contributed by atoms with E-state index in [1.807, 2.05) is 43.7 Å². The van der Waals surface area contributed by atoms with E-state index in [4.69, 9.17) is 5.73 Å². The fourth-order valence-electron chi connectivity index (χ4n) is 3.71. The molecule has 1 aliphatic heterocycles. The molecule has 0 atom stereocenters. The van der Waals surface area contributed by atoms with Crippen LogP contribution in [0.15, 0.2) is 35.8 Å². The molecule has 4 rings (SSSR count). The first-order chi connectivity index (χ1) is 15.0. The van der Waals surface area contributed by atoms with Gasteiger partial charge in [-0.2, -0.15) is 10.2 Å². The van der Waals surface area contributed by atoms with Crippen LogP contribution >= 0.6 is 0 Å². The highest BCUT2D eigenvalue weighted by atomic mass is 16.1. The molecule has 1 amide bonds. The third-order valence-electron chi connectivity index (χ3n) is 5.88. The highest BCUT2D eigenvalue weighted by Crippen LogP contribution is 2.32. The topological polar surface area (TPSA) is 113 Å². The summed E-state index contributed by atoms with van der Waals surface area (Å²) in [7, 11) is 3.79. The van der Waals surface area contributed by atoms with Crippen molar-refractivity contribution in [2.45, 2.75) is 40.0 Å². The summed E-state index contributed by atoms with van der Waals surface area (Å²) in [6.45, 7) is 10.7. The molecule has 0 fully saturated rings. The van der Waals surface area contributed by atoms with Crippen molar-refractivity contribution in [3.05, 3.63) is 47.2 Å². The van der Waals surface area contributed by atoms with Crippen LogP contribution < -0.4 is 10.6 Å². The summed E-state index contributed by atoms with van der Waals surface area (Å²) in [6.07, 6.45) is 5.39. The average molecular weight is 436 g/mol. The molecule has 0 saturated carbocycles. The van der Waals surface area contributed by atoms with Gasteiger partial charge in [0.05, 0.1) is 30.3 Å². The van der Waals surface area contributed by atoms with Crippen molar-refractivity contribution in [2.24, 2.45) is 19.8 Å². The molecule has 0 bridgehead atoms. The van der Waals surface area contributed by atoms with Gasteiger partial charge in [0, 0.05) is 48.1 Å². The first-order valence-electron chi connectivity index (χ1n) is 10.4. The minimum atomic E-state index is -0.471. The second kappa shape index (κ2) is 7.47. The molecule has 4 heterocycles. The van der Waals surface area contributed by atoms with Gasteiger partial charge >= 0.3 is 0 Å². The molecule has 10 heteroatoms. The number of carbonyl (C=O) groups excluding carboxylic acids is 1. The maximum Gasteiger partial charge on any atom is 0.246 e. The van der Waals surface area contributed by atoms with Crippen molar-refractivity contribution in [2.75, 3.05) is 11.4 Å². The zero-order valence-electron chi connectivity index (χ0n) is 19.6. The molecule has 0 unspecified atom stereocenters. The Bertz CT molecular complexity index is 1260. The van der Waals surface area contributed by atoms with Crippen LogP contribution in [0.4, 0.5) is 5.82 Å². The number of nitrogens with two attached hydrogens (primary N) is 1. The number of primary amides is 1. The number of aryl methyl sites for hydroxylation is 2. The SMILES string of the molecule is CC1=C(n2cc(-c3cnn(C)c3C)nn2)C=C(C(N)=O)CN1c1cc(C(C)(C)C)nn1C. The third kappa shape index (κ3) is 3.61. The van der Waals surface area contributed by atoms with Gasteiger partial charge in [0.25, 0.3) is 0 Å². The largest absolute Gasteiger partial charge is 0.366 e. The lowest BCUT2D eigenvalue weighted by Gasteiger charge is -2.30. The van der Waals surface area contributed by atoms with E-state index in [1.54, 1.807) is 21.6 Å². The quantitative estimate of drug-likeness (QED) is 0.672. The molecule has 1 aliphatic rings. The van der Waals surface area contributed by atoms with Crippen molar-refractivity contribution in [1.82, 2.24) is 34.6 Å². The van der Waals surface area contributed by atoms with Crippen LogP contribution in [0, 0.1) is 6.92 Å². The van der Waals surface area contributed by atoms with Gasteiger partial charge in [-0.05, 0) is 19.9 Å². The monoisotopic (exact) mass is 435 g/mol. The molecule has 2 N–H and O–H groups in total. The summed E-state index contributed by atoms with van der Waals surface area (Å²) >= 11 is 0. The molecule has 10 nitrogen and oxygen atoms in total. The Labute approximate surface area is 187 Å². The average Bonchev–Trinajstić information content (AvgIpc) is 3.42. The highest BCUT2D eigenvalue weighted by Gasteiger charge is 2.28. The number of rotatable bonds is 4. The van der Waals surface area contributed by atoms with E-state index in [2.05, 4.69) is 47.3 Å². The number of allylic oxidation sites excluding steroid dienone is 3. The zero-order chi connectivity index (χ0) is 23.4. The van der Waals surface area contributed by atoms with Crippen molar-refractivity contribution >= 4 is 17.4 Å². The first-order valence-corrected chi connectivity index (χ1v) is 10.4. The van der Waals surface area contributed by atoms with Gasteiger partial charge in [-0.1, -0.05) is 26.0 Å². The van der Waals surface area contributed by atoms with Crippen molar-refractivity contribution in [3.8, 4) is 11.3 Å². The van der Waals surface area contributed by atoms with Crippen LogP contribution in [-0.4, -0.2) is 47.0 Å². The molecule has 0 aromatic carbocycles. The number of anilines is 1. The lowest BCUT2D eigenvalue weighted by atomic mass is 9.92. The van der Waals surface area contributed by atoms with Crippen LogP contribution in [0.3, 0.4) is 0 Å². The van der Waals surface area contributed by atoms with E-state index < -0.39 is 5.91 Å². The third-order valence-corrected chi connectivity index (χ3v) is 5.88. The summed E-state index contributed by atoms with van der Waals surface area (Å²) < 4.78 is 5.30. The fraction of sp³-hybridized carbons (Fsp3) is 0.409. The molecule has 3 aromatic heterocycles. The Morgan fingerprint density at radius 1 is 1.16 bits per heavy atom. The standard InChI is InChI=1S/C22H29N9O/c1-13-16(10-24-28(13)6)17-12-31(27-25-17)18-8-15(21(23)32)11-30(14(18)2)20-9-19(22(3,4)5)26-29(20)7/h8-10,12H,11H2,1-7H3,(H2,23,32). The van der Waals surface area contributed by atoms with Crippen LogP contribution in [0.5, 0.6) is 0 Å². The summed E-state index contributed by atoms with van der Waals surface area (Å²) in [6, 6.07) is 2.05. The van der Waals surface area contributed by atoms with E-state index in [1.165, 1.54) is 0 Å². The highest BCUT2D eigenvalue weighted by molar-refractivity contribution is 5.96. The van der Waals surface area contributed by atoms with Crippen LogP contribution in [0.1, 0.15) is 39.1 Å². The summed E-state index contributed by atoms with van der Waals surface area (Å²) in [5, 5.41) is 17.6. The van der Waals surface area contributed by atoms with Crippen molar-refractivity contribution in [3.63, 3.8) is 0 Å². The number of amides is 1. The zero-order valence-corrected chi connectivity index (χ0v) is 19.6. The second-order valence-electron chi connectivity index (χ2n) is 9.17. The Balaban J connectivity index is 1.81. The number of hydrogen-bond donors (Lipinski definition) is 1. The summed E-state index contributed by atoms with van der Waals surface area (Å²) in [4.78, 5) is 14.2. The van der Waals surface area contributed by atoms with Crippen LogP contribution in [0.25, 0.3) is 17.0 Å². The number of hydrogen-bond acceptors (Lipinski definition) is 6. The molecule has 0 radical (unpaired) electrons. The number of nitrogens with zero attached hydrogens (tertiary/aromatic N) is 8. The lowest BCUT2D eigenvalue weighted by molar-refractivity contribution is -0.114. The molecular formula is C22H29N9O. The van der Waals surface area contributed by atoms with E-state index in [9.17, 15) is 4.79 Å². The number of carbonyl (C=O) groups is 1. The van der Waals surface area contributed by atoms with Gasteiger partial charge in [-0.3, -0.25) is 14.2 Å². The van der Waals surface area contributed by atoms with Gasteiger partial charge in [0.1, 0.15) is 11.5 Å². The maximum absolute atomic E-state index is 12.2. The lowest BCUT2D eigenvalue weighted by Crippen LogP contribution is -2.34. The normalized spacial score (nSPS) is 14.8. The van der Waals surface area contributed by atoms with Gasteiger partial charge in [-0.15, -0.1) is 5.10 Å². The Morgan fingerprint density at radius 2 is 1.88 bits per heavy atom. The molecule has 32 heavy (non-hydrogen) atoms. The molecule has 0 saturated heterocycles. The fourth-order valence-corrected chi connectivity index (χ4v) is 3.71. The molecular weight excluding hydrogens is 406 g/mol. The molecule has 3 aromatic rings. The minimum Gasteiger partial charge on any atom is -0.366 e. The van der Waals surface area contributed by atoms with E-state index in [0.29, 0.717) is 17.8 Å². The smallest absolute Gasteiger partial charge is 0.246 e. The predicted octanol–water partition coefficient (Wildman–Crippen LogP) is 2.14. The Kier molecular flexibility index (Phi) is 5.03. The Morgan fingerprint density at radius 3 is 2.44 bits per heavy atom. The summed E-state index contributed by atoms with van der Waals surface area (Å²) in [5.74, 6) is 0.405. The molecule has 0 aliphatic carbocycles. The van der Waals surface area contributed by atoms with Gasteiger partial charge in [0.15, 0.2) is 0 Å². The number of aromatic nitrogens is 7. The van der Waals surface area contributed by atoms with Gasteiger partial charge in [0.2, 0.25) is 5.91 Å². The maximum atomic E-state index is 12.2. The minimum absolute atomic E-state index is 0.100. The van der Waals surface area contributed by atoms with Crippen LogP contribution in [0.2, 0.25) is 0 Å². The van der Waals surface area contributed by atoms with E-state index >= 15 is 0 Å². The van der Waals surface area contributed by atoms with E-state index in [-0.39, 0.29) is 5.41 Å². The van der Waals surface area contributed by atoms with E-state index in [0.717, 1.165) is 34.2 Å². The van der Waals surface area contributed by atoms with Crippen molar-refractivity contribution in [1.29, 1.82) is 0 Å². The second-order valence-corrected chi connectivity index (χ2v) is 9.17. The van der Waals surface area contributed by atoms with Gasteiger partial charge < -0.3 is 10.6 Å². The molecule has 168 valence electrons. The Hall–Kier alpha value is -3.69. The molecule has 0 spiro atoms. The first kappa shape index (κ1) is 21.5. The van der Waals surface area contributed by atoms with Gasteiger partial charge in [-0.25, -0.2) is 4.68 Å². The van der Waals surface area contributed by atoms with Crippen molar-refractivity contribution < 1.29 is 4.79 Å². The predicted molar refractivity (Wildman–Crippen MR) is 122 cm³/mol.